The summed E-state index contributed by atoms with van der Waals surface area (Å²) in [7, 11) is 0. The summed E-state index contributed by atoms with van der Waals surface area (Å²) in [5.41, 5.74) is 1.30. The van der Waals surface area contributed by atoms with Crippen LogP contribution in [0.5, 0.6) is 5.75 Å². The van der Waals surface area contributed by atoms with Crippen LogP contribution in [-0.4, -0.2) is 11.7 Å². The third-order valence-electron chi connectivity index (χ3n) is 2.50. The molecule has 0 aliphatic carbocycles. The van der Waals surface area contributed by atoms with Gasteiger partial charge in [-0.25, -0.2) is 0 Å². The first-order chi connectivity index (χ1) is 6.68. The Morgan fingerprint density at radius 1 is 1.27 bits per heavy atom. The zero-order chi connectivity index (χ0) is 10.1. The molecule has 1 fully saturated rings. The number of halogens is 3. The smallest absolute Gasteiger partial charge is 0.142 e. The van der Waals surface area contributed by atoms with Gasteiger partial charge in [0.2, 0.25) is 0 Å². The van der Waals surface area contributed by atoms with Crippen molar-refractivity contribution >= 4 is 57.6 Å². The molecule has 0 bridgehead atoms. The molecular formula is C10H12ClI2NO. The summed E-state index contributed by atoms with van der Waals surface area (Å²) in [6, 6.07) is 4.62. The van der Waals surface area contributed by atoms with Crippen LogP contribution in [0.25, 0.3) is 0 Å². The first-order valence-corrected chi connectivity index (χ1v) is 6.75. The summed E-state index contributed by atoms with van der Waals surface area (Å²) in [5, 5.41) is 13.1. The Morgan fingerprint density at radius 2 is 1.87 bits per heavy atom. The van der Waals surface area contributed by atoms with E-state index in [1.54, 1.807) is 0 Å². The van der Waals surface area contributed by atoms with Crippen molar-refractivity contribution in [3.63, 3.8) is 0 Å². The van der Waals surface area contributed by atoms with Gasteiger partial charge in [0.15, 0.2) is 0 Å². The molecule has 1 atom stereocenters. The molecule has 0 spiro atoms. The van der Waals surface area contributed by atoms with Crippen molar-refractivity contribution in [3.8, 4) is 5.75 Å². The number of phenols is 1. The van der Waals surface area contributed by atoms with Crippen LogP contribution >= 0.6 is 57.6 Å². The van der Waals surface area contributed by atoms with E-state index in [0.29, 0.717) is 11.8 Å². The first-order valence-electron chi connectivity index (χ1n) is 4.60. The molecule has 0 saturated carbocycles. The lowest BCUT2D eigenvalue weighted by Crippen LogP contribution is -2.13. The molecule has 0 amide bonds. The maximum atomic E-state index is 9.64. The molecule has 0 aromatic heterocycles. The van der Waals surface area contributed by atoms with Gasteiger partial charge in [-0.2, -0.15) is 0 Å². The second-order valence-corrected chi connectivity index (χ2v) is 5.81. The van der Waals surface area contributed by atoms with Crippen LogP contribution in [-0.2, 0) is 0 Å². The maximum Gasteiger partial charge on any atom is 0.142 e. The van der Waals surface area contributed by atoms with Gasteiger partial charge >= 0.3 is 0 Å². The van der Waals surface area contributed by atoms with E-state index in [0.717, 1.165) is 13.7 Å². The van der Waals surface area contributed by atoms with Crippen molar-refractivity contribution in [3.05, 3.63) is 24.8 Å². The maximum absolute atomic E-state index is 9.64. The Balaban J connectivity index is 0.00000112. The Labute approximate surface area is 123 Å². The highest BCUT2D eigenvalue weighted by Gasteiger charge is 2.18. The molecule has 1 aliphatic rings. The average molecular weight is 451 g/mol. The highest BCUT2D eigenvalue weighted by atomic mass is 127. The van der Waals surface area contributed by atoms with Crippen LogP contribution in [0.1, 0.15) is 24.4 Å². The molecule has 0 radical (unpaired) electrons. The number of aromatic hydroxyl groups is 1. The summed E-state index contributed by atoms with van der Waals surface area (Å²) in [6.45, 7) is 1.11. The van der Waals surface area contributed by atoms with E-state index in [1.807, 2.05) is 0 Å². The molecule has 5 heteroatoms. The van der Waals surface area contributed by atoms with Crippen LogP contribution in [0.4, 0.5) is 0 Å². The highest BCUT2D eigenvalue weighted by Crippen LogP contribution is 2.32. The van der Waals surface area contributed by atoms with Gasteiger partial charge in [-0.05, 0) is 82.3 Å². The standard InChI is InChI=1S/C10H11I2NO.ClH/c11-7-4-6(5-8(12)10(7)14)9-2-1-3-13-9;/h4-5,9,13-14H,1-3H2;1H/t9-;/m1./s1. The Kier molecular flexibility index (Phi) is 5.41. The molecule has 1 aromatic carbocycles. The van der Waals surface area contributed by atoms with Crippen molar-refractivity contribution < 1.29 is 5.11 Å². The van der Waals surface area contributed by atoms with Gasteiger partial charge in [-0.15, -0.1) is 12.4 Å². The van der Waals surface area contributed by atoms with Crippen LogP contribution in [0.2, 0.25) is 0 Å². The molecule has 0 unspecified atom stereocenters. The fraction of sp³-hybridized carbons (Fsp3) is 0.400. The third-order valence-corrected chi connectivity index (χ3v) is 4.15. The van der Waals surface area contributed by atoms with E-state index in [2.05, 4.69) is 62.6 Å². The van der Waals surface area contributed by atoms with Crippen LogP contribution in [0.3, 0.4) is 0 Å². The molecule has 15 heavy (non-hydrogen) atoms. The van der Waals surface area contributed by atoms with Crippen molar-refractivity contribution in [1.29, 1.82) is 0 Å². The van der Waals surface area contributed by atoms with E-state index in [4.69, 9.17) is 0 Å². The third kappa shape index (κ3) is 3.10. The number of benzene rings is 1. The minimum atomic E-state index is 0. The van der Waals surface area contributed by atoms with E-state index in [1.165, 1.54) is 18.4 Å². The summed E-state index contributed by atoms with van der Waals surface area (Å²) in [6.07, 6.45) is 2.45. The Morgan fingerprint density at radius 3 is 2.33 bits per heavy atom. The van der Waals surface area contributed by atoms with Gasteiger partial charge in [-0.1, -0.05) is 0 Å². The SMILES string of the molecule is Cl.Oc1c(I)cc([C@H]2CCCN2)cc1I. The van der Waals surface area contributed by atoms with Crippen LogP contribution in [0, 0.1) is 7.14 Å². The second kappa shape index (κ2) is 5.88. The Hall–Kier alpha value is 0.730. The number of hydrogen-bond donors (Lipinski definition) is 2. The summed E-state index contributed by atoms with van der Waals surface area (Å²) in [4.78, 5) is 0. The van der Waals surface area contributed by atoms with Crippen molar-refractivity contribution in [2.75, 3.05) is 6.54 Å². The van der Waals surface area contributed by atoms with Gasteiger partial charge in [0.05, 0.1) is 7.14 Å². The summed E-state index contributed by atoms with van der Waals surface area (Å²) >= 11 is 4.36. The van der Waals surface area contributed by atoms with Crippen molar-refractivity contribution in [2.24, 2.45) is 0 Å². The topological polar surface area (TPSA) is 32.3 Å². The first kappa shape index (κ1) is 13.8. The van der Waals surface area contributed by atoms with Gasteiger partial charge < -0.3 is 10.4 Å². The lowest BCUT2D eigenvalue weighted by Gasteiger charge is -2.12. The fourth-order valence-corrected chi connectivity index (χ4v) is 3.57. The van der Waals surface area contributed by atoms with E-state index >= 15 is 0 Å². The summed E-state index contributed by atoms with van der Waals surface area (Å²) in [5.74, 6) is 0.410. The number of hydrogen-bond acceptors (Lipinski definition) is 2. The predicted octanol–water partition coefficient (Wildman–Crippen LogP) is 3.45. The molecule has 1 heterocycles. The van der Waals surface area contributed by atoms with Gasteiger partial charge in [0.25, 0.3) is 0 Å². The molecule has 1 aliphatic heterocycles. The molecule has 1 saturated heterocycles. The second-order valence-electron chi connectivity index (χ2n) is 3.48. The molecule has 2 N–H and O–H groups in total. The van der Waals surface area contributed by atoms with Gasteiger partial charge in [0, 0.05) is 6.04 Å². The zero-order valence-corrected chi connectivity index (χ0v) is 13.1. The number of phenolic OH excluding ortho intramolecular Hbond substituents is 1. The monoisotopic (exact) mass is 451 g/mol. The fourth-order valence-electron chi connectivity index (χ4n) is 1.76. The zero-order valence-electron chi connectivity index (χ0n) is 7.96. The van der Waals surface area contributed by atoms with Crippen molar-refractivity contribution in [1.82, 2.24) is 5.32 Å². The Bertz CT molecular complexity index is 330. The number of nitrogens with one attached hydrogen (secondary N) is 1. The quantitative estimate of drug-likeness (QED) is 0.642. The van der Waals surface area contributed by atoms with Crippen LogP contribution < -0.4 is 5.32 Å². The van der Waals surface area contributed by atoms with Gasteiger partial charge in [0.1, 0.15) is 5.75 Å². The van der Waals surface area contributed by atoms with Crippen molar-refractivity contribution in [2.45, 2.75) is 18.9 Å². The lowest BCUT2D eigenvalue weighted by molar-refractivity contribution is 0.466. The normalized spacial score (nSPS) is 20.0. The highest BCUT2D eigenvalue weighted by molar-refractivity contribution is 14.1. The molecule has 1 aromatic rings. The minimum Gasteiger partial charge on any atom is -0.506 e. The summed E-state index contributed by atoms with van der Waals surface area (Å²) < 4.78 is 1.89. The van der Waals surface area contributed by atoms with E-state index in [-0.39, 0.29) is 12.4 Å². The van der Waals surface area contributed by atoms with Crippen LogP contribution in [0.15, 0.2) is 12.1 Å². The predicted molar refractivity (Wildman–Crippen MR) is 80.8 cm³/mol. The molecular weight excluding hydrogens is 439 g/mol. The number of rotatable bonds is 1. The molecule has 2 rings (SSSR count). The minimum absolute atomic E-state index is 0. The van der Waals surface area contributed by atoms with E-state index < -0.39 is 0 Å². The largest absolute Gasteiger partial charge is 0.506 e. The lowest BCUT2D eigenvalue weighted by atomic mass is 10.1. The molecule has 84 valence electrons. The molecule has 2 nitrogen and oxygen atoms in total. The van der Waals surface area contributed by atoms with E-state index in [9.17, 15) is 5.11 Å². The average Bonchev–Trinajstić information content (AvgIpc) is 2.66. The van der Waals surface area contributed by atoms with Gasteiger partial charge in [-0.3, -0.25) is 0 Å².